The van der Waals surface area contributed by atoms with Crippen LogP contribution in [0.1, 0.15) is 50.0 Å². The maximum absolute atomic E-state index is 14.9. The summed E-state index contributed by atoms with van der Waals surface area (Å²) in [6, 6.07) is 9.03. The zero-order valence-electron chi connectivity index (χ0n) is 16.3. The molecule has 0 aromatic heterocycles. The smallest absolute Gasteiger partial charge is 0.405 e. The molecule has 1 aliphatic rings. The van der Waals surface area contributed by atoms with Gasteiger partial charge in [-0.25, -0.2) is 9.18 Å². The lowest BCUT2D eigenvalue weighted by Gasteiger charge is -2.26. The molecule has 0 saturated carbocycles. The highest BCUT2D eigenvalue weighted by Crippen LogP contribution is 2.49. The first-order valence-electron chi connectivity index (χ1n) is 9.25. The first-order chi connectivity index (χ1) is 12.7. The molecule has 0 unspecified atom stereocenters. The van der Waals surface area contributed by atoms with E-state index >= 15 is 0 Å². The molecule has 3 rings (SSSR count). The Labute approximate surface area is 159 Å². The number of primary amides is 1. The highest BCUT2D eigenvalue weighted by Gasteiger charge is 2.42. The average molecular weight is 371 g/mol. The zero-order chi connectivity index (χ0) is 19.8. The maximum Gasteiger partial charge on any atom is 0.405 e. The van der Waals surface area contributed by atoms with Crippen molar-refractivity contribution >= 4 is 6.09 Å². The third kappa shape index (κ3) is 3.77. The van der Waals surface area contributed by atoms with Gasteiger partial charge in [0, 0.05) is 11.0 Å². The van der Waals surface area contributed by atoms with Crippen molar-refractivity contribution < 1.29 is 18.7 Å². The summed E-state index contributed by atoms with van der Waals surface area (Å²) in [5, 5.41) is 0. The van der Waals surface area contributed by atoms with Gasteiger partial charge < -0.3 is 15.2 Å². The zero-order valence-corrected chi connectivity index (χ0v) is 16.3. The summed E-state index contributed by atoms with van der Waals surface area (Å²) < 4.78 is 25.9. The number of amides is 1. The molecule has 0 radical (unpaired) electrons. The van der Waals surface area contributed by atoms with Crippen molar-refractivity contribution in [1.82, 2.24) is 0 Å². The van der Waals surface area contributed by atoms with E-state index in [0.29, 0.717) is 24.2 Å². The average Bonchev–Trinajstić information content (AvgIpc) is 2.82. The minimum Gasteiger partial charge on any atom is -0.493 e. The Balaban J connectivity index is 1.98. The van der Waals surface area contributed by atoms with Crippen LogP contribution in [0.15, 0.2) is 30.3 Å². The quantitative estimate of drug-likeness (QED) is 0.775. The van der Waals surface area contributed by atoms with E-state index in [1.807, 2.05) is 45.0 Å². The molecule has 2 N–H and O–H groups in total. The number of hydrogen-bond acceptors (Lipinski definition) is 3. The molecule has 1 amide bonds. The highest BCUT2D eigenvalue weighted by molar-refractivity contribution is 5.69. The summed E-state index contributed by atoms with van der Waals surface area (Å²) in [5.74, 6) is 0.476. The molecular formula is C22H26FNO3. The molecule has 1 atom stereocenters. The van der Waals surface area contributed by atoms with Crippen molar-refractivity contribution in [1.29, 1.82) is 0 Å². The molecule has 0 bridgehead atoms. The van der Waals surface area contributed by atoms with Crippen LogP contribution in [0.5, 0.6) is 5.75 Å². The van der Waals surface area contributed by atoms with Crippen LogP contribution in [-0.2, 0) is 11.2 Å². The van der Waals surface area contributed by atoms with Crippen LogP contribution in [0.2, 0.25) is 0 Å². The molecule has 1 aliphatic carbocycles. The van der Waals surface area contributed by atoms with E-state index in [4.69, 9.17) is 15.2 Å². The molecule has 0 aliphatic heterocycles. The number of ether oxygens (including phenoxy) is 2. The van der Waals surface area contributed by atoms with Crippen LogP contribution in [0, 0.1) is 18.2 Å². The maximum atomic E-state index is 14.9. The number of benzene rings is 2. The molecule has 0 spiro atoms. The van der Waals surface area contributed by atoms with E-state index in [0.717, 1.165) is 28.9 Å². The summed E-state index contributed by atoms with van der Waals surface area (Å²) in [4.78, 5) is 11.3. The second-order valence-electron chi connectivity index (χ2n) is 7.84. The monoisotopic (exact) mass is 371 g/mol. The van der Waals surface area contributed by atoms with E-state index in [1.165, 1.54) is 6.07 Å². The number of carbonyl (C=O) groups excluding carboxylic acids is 1. The fourth-order valence-corrected chi connectivity index (χ4v) is 3.79. The minimum atomic E-state index is -0.844. The predicted octanol–water partition coefficient (Wildman–Crippen LogP) is 5.31. The second kappa shape index (κ2) is 7.22. The number of carbonyl (C=O) groups is 1. The Morgan fingerprint density at radius 1 is 1.30 bits per heavy atom. The number of aryl methyl sites for hydroxylation is 1. The lowest BCUT2D eigenvalue weighted by molar-refractivity contribution is 0.0391. The molecule has 27 heavy (non-hydrogen) atoms. The van der Waals surface area contributed by atoms with Gasteiger partial charge in [-0.1, -0.05) is 26.8 Å². The van der Waals surface area contributed by atoms with E-state index in [-0.39, 0.29) is 11.2 Å². The molecule has 2 aromatic carbocycles. The van der Waals surface area contributed by atoms with Gasteiger partial charge in [0.05, 0.1) is 6.61 Å². The van der Waals surface area contributed by atoms with Gasteiger partial charge in [0.2, 0.25) is 0 Å². The van der Waals surface area contributed by atoms with Crippen molar-refractivity contribution in [2.24, 2.45) is 11.1 Å². The Bertz CT molecular complexity index is 876. The van der Waals surface area contributed by atoms with Crippen molar-refractivity contribution in [3.05, 3.63) is 52.8 Å². The number of halogens is 1. The first-order valence-corrected chi connectivity index (χ1v) is 9.25. The molecule has 5 heteroatoms. The largest absolute Gasteiger partial charge is 0.493 e. The molecule has 2 aromatic rings. The van der Waals surface area contributed by atoms with Gasteiger partial charge in [-0.15, -0.1) is 0 Å². The summed E-state index contributed by atoms with van der Waals surface area (Å²) in [6.07, 6.45) is 0.235. The van der Waals surface area contributed by atoms with Gasteiger partial charge in [-0.3, -0.25) is 0 Å². The first kappa shape index (κ1) is 19.2. The van der Waals surface area contributed by atoms with E-state index in [1.54, 1.807) is 0 Å². The Kier molecular flexibility index (Phi) is 5.13. The van der Waals surface area contributed by atoms with Crippen LogP contribution in [0.25, 0.3) is 11.1 Å². The Morgan fingerprint density at radius 3 is 2.67 bits per heavy atom. The van der Waals surface area contributed by atoms with Gasteiger partial charge in [0.15, 0.2) is 0 Å². The van der Waals surface area contributed by atoms with Crippen molar-refractivity contribution in [3.63, 3.8) is 0 Å². The number of fused-ring (bicyclic) bond motifs is 1. The lowest BCUT2D eigenvalue weighted by Crippen LogP contribution is -2.25. The normalized spacial score (nSPS) is 17.4. The number of rotatable bonds is 5. The number of hydrogen-bond donors (Lipinski definition) is 1. The standard InChI is InChI=1S/C22H26FNO3/c1-5-8-26-19-7-6-14(9-13(19)2)16-10-15-12-22(3,4)20(27-21(24)25)17(15)11-18(16)23/h6-7,9-11,20H,5,8,12H2,1-4H3,(H2,24,25)/t20-/m0/s1. The van der Waals surface area contributed by atoms with Crippen molar-refractivity contribution in [3.8, 4) is 16.9 Å². The van der Waals surface area contributed by atoms with Crippen molar-refractivity contribution in [2.75, 3.05) is 6.61 Å². The van der Waals surface area contributed by atoms with Crippen LogP contribution in [0.4, 0.5) is 9.18 Å². The minimum absolute atomic E-state index is 0.337. The topological polar surface area (TPSA) is 61.6 Å². The summed E-state index contributed by atoms with van der Waals surface area (Å²) in [7, 11) is 0. The Hall–Kier alpha value is -2.56. The predicted molar refractivity (Wildman–Crippen MR) is 103 cm³/mol. The molecule has 0 fully saturated rings. The van der Waals surface area contributed by atoms with Gasteiger partial charge in [-0.2, -0.15) is 0 Å². The fourth-order valence-electron chi connectivity index (χ4n) is 3.79. The molecule has 0 heterocycles. The van der Waals surface area contributed by atoms with E-state index in [2.05, 4.69) is 6.92 Å². The van der Waals surface area contributed by atoms with Crippen LogP contribution in [0.3, 0.4) is 0 Å². The number of nitrogens with two attached hydrogens (primary N) is 1. The van der Waals surface area contributed by atoms with Crippen LogP contribution < -0.4 is 10.5 Å². The van der Waals surface area contributed by atoms with E-state index < -0.39 is 12.2 Å². The SMILES string of the molecule is CCCOc1ccc(-c2cc3c(cc2F)[C@H](OC(N)=O)C(C)(C)C3)cc1C. The Morgan fingerprint density at radius 2 is 2.04 bits per heavy atom. The summed E-state index contributed by atoms with van der Waals surface area (Å²) in [6.45, 7) is 8.65. The van der Waals surface area contributed by atoms with Gasteiger partial charge in [0.25, 0.3) is 0 Å². The molecular weight excluding hydrogens is 345 g/mol. The highest BCUT2D eigenvalue weighted by atomic mass is 19.1. The third-order valence-electron chi connectivity index (χ3n) is 5.05. The van der Waals surface area contributed by atoms with Gasteiger partial charge in [0.1, 0.15) is 17.7 Å². The van der Waals surface area contributed by atoms with E-state index in [9.17, 15) is 9.18 Å². The summed E-state index contributed by atoms with van der Waals surface area (Å²) in [5.41, 5.74) is 8.85. The second-order valence-corrected chi connectivity index (χ2v) is 7.84. The summed E-state index contributed by atoms with van der Waals surface area (Å²) >= 11 is 0. The molecule has 4 nitrogen and oxygen atoms in total. The lowest BCUT2D eigenvalue weighted by atomic mass is 9.87. The molecule has 0 saturated heterocycles. The van der Waals surface area contributed by atoms with Crippen LogP contribution >= 0.6 is 0 Å². The van der Waals surface area contributed by atoms with Gasteiger partial charge >= 0.3 is 6.09 Å². The fraction of sp³-hybridized carbons (Fsp3) is 0.409. The van der Waals surface area contributed by atoms with Gasteiger partial charge in [-0.05, 0) is 66.3 Å². The van der Waals surface area contributed by atoms with Crippen LogP contribution in [-0.4, -0.2) is 12.7 Å². The third-order valence-corrected chi connectivity index (χ3v) is 5.05. The molecule has 144 valence electrons. The van der Waals surface area contributed by atoms with Crippen molar-refractivity contribution in [2.45, 2.75) is 46.6 Å².